The van der Waals surface area contributed by atoms with Crippen molar-refractivity contribution in [2.24, 2.45) is 11.8 Å². The summed E-state index contributed by atoms with van der Waals surface area (Å²) in [4.78, 5) is 25.6. The number of urea groups is 1. The number of carboxylic acids is 1. The third-order valence-corrected chi connectivity index (χ3v) is 5.08. The minimum atomic E-state index is -0.846. The molecule has 156 valence electrons. The van der Waals surface area contributed by atoms with E-state index in [0.29, 0.717) is 31.1 Å². The molecule has 0 saturated carbocycles. The lowest BCUT2D eigenvalue weighted by molar-refractivity contribution is -0.143. The van der Waals surface area contributed by atoms with Gasteiger partial charge in [-0.1, -0.05) is 26.3 Å². The van der Waals surface area contributed by atoms with E-state index in [9.17, 15) is 14.7 Å². The summed E-state index contributed by atoms with van der Waals surface area (Å²) < 4.78 is 11.2. The molecule has 1 aliphatic heterocycles. The Labute approximate surface area is 167 Å². The molecule has 7 heteroatoms. The number of carbonyl (C=O) groups excluding carboxylic acids is 1. The van der Waals surface area contributed by atoms with Crippen LogP contribution in [-0.2, 0) is 4.79 Å². The summed E-state index contributed by atoms with van der Waals surface area (Å²) in [6, 6.07) is 5.15. The van der Waals surface area contributed by atoms with Crippen molar-refractivity contribution >= 4 is 12.0 Å². The smallest absolute Gasteiger partial charge is 0.317 e. The first-order chi connectivity index (χ1) is 13.3. The number of rotatable bonds is 8. The molecule has 0 spiro atoms. The lowest BCUT2D eigenvalue weighted by atomic mass is 9.91. The largest absolute Gasteiger partial charge is 0.493 e. The number of nitrogens with one attached hydrogen (secondary N) is 1. The van der Waals surface area contributed by atoms with Gasteiger partial charge in [0.25, 0.3) is 0 Å². The average molecular weight is 392 g/mol. The van der Waals surface area contributed by atoms with Crippen molar-refractivity contribution in [2.75, 3.05) is 26.8 Å². The Morgan fingerprint density at radius 3 is 2.71 bits per heavy atom. The van der Waals surface area contributed by atoms with Gasteiger partial charge in [-0.3, -0.25) is 4.79 Å². The molecule has 0 aromatic heterocycles. The third kappa shape index (κ3) is 5.78. The van der Waals surface area contributed by atoms with Gasteiger partial charge in [-0.15, -0.1) is 0 Å². The van der Waals surface area contributed by atoms with E-state index in [2.05, 4.69) is 12.2 Å². The van der Waals surface area contributed by atoms with Crippen LogP contribution in [0.25, 0.3) is 0 Å². The second-order valence-electron chi connectivity index (χ2n) is 7.56. The van der Waals surface area contributed by atoms with E-state index in [1.165, 1.54) is 0 Å². The van der Waals surface area contributed by atoms with Crippen molar-refractivity contribution in [2.45, 2.75) is 46.1 Å². The fourth-order valence-corrected chi connectivity index (χ4v) is 3.46. The van der Waals surface area contributed by atoms with Crippen LogP contribution >= 0.6 is 0 Å². The molecular weight excluding hydrogens is 360 g/mol. The number of hydrogen-bond donors (Lipinski definition) is 2. The number of amides is 2. The van der Waals surface area contributed by atoms with Gasteiger partial charge in [0.2, 0.25) is 0 Å². The molecule has 1 fully saturated rings. The molecule has 1 aromatic carbocycles. The van der Waals surface area contributed by atoms with Gasteiger partial charge < -0.3 is 24.8 Å². The van der Waals surface area contributed by atoms with Crippen LogP contribution in [0.3, 0.4) is 0 Å². The summed E-state index contributed by atoms with van der Waals surface area (Å²) in [5.41, 5.74) is 0.896. The first kappa shape index (κ1) is 21.9. The van der Waals surface area contributed by atoms with E-state index >= 15 is 0 Å². The van der Waals surface area contributed by atoms with Gasteiger partial charge >= 0.3 is 12.0 Å². The monoisotopic (exact) mass is 392 g/mol. The molecule has 2 N–H and O–H groups in total. The molecule has 0 bridgehead atoms. The Kier molecular flexibility index (Phi) is 7.96. The predicted octanol–water partition coefficient (Wildman–Crippen LogP) is 3.69. The van der Waals surface area contributed by atoms with Gasteiger partial charge in [0.05, 0.1) is 25.7 Å². The highest BCUT2D eigenvalue weighted by atomic mass is 16.5. The number of ether oxygens (including phenoxy) is 2. The van der Waals surface area contributed by atoms with Crippen molar-refractivity contribution in [3.05, 3.63) is 23.8 Å². The molecule has 0 aliphatic carbocycles. The van der Waals surface area contributed by atoms with E-state index in [-0.39, 0.29) is 24.5 Å². The van der Waals surface area contributed by atoms with Crippen LogP contribution in [0, 0.1) is 11.8 Å². The lowest BCUT2D eigenvalue weighted by Gasteiger charge is -2.35. The zero-order valence-electron chi connectivity index (χ0n) is 17.2. The zero-order chi connectivity index (χ0) is 20.7. The molecule has 3 atom stereocenters. The number of methoxy groups -OCH3 is 1. The molecule has 28 heavy (non-hydrogen) atoms. The highest BCUT2D eigenvalue weighted by Crippen LogP contribution is 2.31. The molecule has 1 heterocycles. The Balaban J connectivity index is 2.02. The molecule has 1 aliphatic rings. The summed E-state index contributed by atoms with van der Waals surface area (Å²) in [5.74, 6) is 0.125. The molecule has 2 amide bonds. The van der Waals surface area contributed by atoms with Crippen LogP contribution < -0.4 is 14.8 Å². The second kappa shape index (κ2) is 10.2. The van der Waals surface area contributed by atoms with Crippen LogP contribution in [-0.4, -0.2) is 48.8 Å². The van der Waals surface area contributed by atoms with Crippen LogP contribution in [0.15, 0.2) is 18.2 Å². The maximum Gasteiger partial charge on any atom is 0.317 e. The number of nitrogens with zero attached hydrogens (tertiary/aromatic N) is 1. The summed E-state index contributed by atoms with van der Waals surface area (Å²) in [7, 11) is 1.59. The lowest BCUT2D eigenvalue weighted by Crippen LogP contribution is -2.49. The SMILES string of the molecule is CCCCOc1ccc(C(C)NC(=O)N2CC(C)CC(C(=O)O)C2)cc1OC. The predicted molar refractivity (Wildman–Crippen MR) is 107 cm³/mol. The molecule has 1 saturated heterocycles. The van der Waals surface area contributed by atoms with E-state index in [4.69, 9.17) is 9.47 Å². The first-order valence-corrected chi connectivity index (χ1v) is 9.94. The number of carboxylic acid groups (broad SMARTS) is 1. The number of aliphatic carboxylic acids is 1. The molecule has 7 nitrogen and oxygen atoms in total. The number of benzene rings is 1. The molecule has 2 rings (SSSR count). The Hall–Kier alpha value is -2.44. The fraction of sp³-hybridized carbons (Fsp3) is 0.619. The van der Waals surface area contributed by atoms with Gasteiger partial charge in [-0.25, -0.2) is 4.79 Å². The van der Waals surface area contributed by atoms with E-state index in [1.807, 2.05) is 32.0 Å². The highest BCUT2D eigenvalue weighted by Gasteiger charge is 2.32. The van der Waals surface area contributed by atoms with Crippen molar-refractivity contribution < 1.29 is 24.2 Å². The van der Waals surface area contributed by atoms with Crippen molar-refractivity contribution in [1.29, 1.82) is 0 Å². The normalized spacial score (nSPS) is 20.4. The number of carbonyl (C=O) groups is 2. The van der Waals surface area contributed by atoms with E-state index in [1.54, 1.807) is 12.0 Å². The maximum absolute atomic E-state index is 12.7. The summed E-state index contributed by atoms with van der Waals surface area (Å²) in [6.07, 6.45) is 2.63. The number of unbranched alkanes of at least 4 members (excludes halogenated alkanes) is 1. The van der Waals surface area contributed by atoms with Crippen LogP contribution in [0.2, 0.25) is 0 Å². The average Bonchev–Trinajstić information content (AvgIpc) is 2.67. The van der Waals surface area contributed by atoms with E-state index < -0.39 is 11.9 Å². The highest BCUT2D eigenvalue weighted by molar-refractivity contribution is 5.77. The fourth-order valence-electron chi connectivity index (χ4n) is 3.46. The molecule has 3 unspecified atom stereocenters. The number of likely N-dealkylation sites (tertiary alicyclic amines) is 1. The van der Waals surface area contributed by atoms with Gasteiger partial charge in [0, 0.05) is 13.1 Å². The summed E-state index contributed by atoms with van der Waals surface area (Å²) in [6.45, 7) is 7.42. The second-order valence-corrected chi connectivity index (χ2v) is 7.56. The van der Waals surface area contributed by atoms with Crippen molar-refractivity contribution in [3.8, 4) is 11.5 Å². The van der Waals surface area contributed by atoms with Crippen molar-refractivity contribution in [3.63, 3.8) is 0 Å². The van der Waals surface area contributed by atoms with Crippen LogP contribution in [0.4, 0.5) is 4.79 Å². The molecule has 0 radical (unpaired) electrons. The minimum absolute atomic E-state index is 0.163. The molecular formula is C21H32N2O5. The number of hydrogen-bond acceptors (Lipinski definition) is 4. The zero-order valence-corrected chi connectivity index (χ0v) is 17.2. The van der Waals surface area contributed by atoms with Crippen molar-refractivity contribution in [1.82, 2.24) is 10.2 Å². The first-order valence-electron chi connectivity index (χ1n) is 9.94. The van der Waals surface area contributed by atoms with Gasteiger partial charge in [0.1, 0.15) is 0 Å². The number of piperidine rings is 1. The Bertz CT molecular complexity index is 679. The summed E-state index contributed by atoms with van der Waals surface area (Å²) >= 11 is 0. The quantitative estimate of drug-likeness (QED) is 0.659. The molecule has 1 aromatic rings. The topological polar surface area (TPSA) is 88.1 Å². The summed E-state index contributed by atoms with van der Waals surface area (Å²) in [5, 5.41) is 12.3. The minimum Gasteiger partial charge on any atom is -0.493 e. The Morgan fingerprint density at radius 1 is 1.32 bits per heavy atom. The maximum atomic E-state index is 12.7. The van der Waals surface area contributed by atoms with Gasteiger partial charge in [-0.2, -0.15) is 0 Å². The standard InChI is InChI=1S/C21H32N2O5/c1-5-6-9-28-18-8-7-16(11-19(18)27-4)15(3)22-21(26)23-12-14(2)10-17(13-23)20(24)25/h7-8,11,14-15,17H,5-6,9-10,12-13H2,1-4H3,(H,22,26)(H,24,25). The van der Waals surface area contributed by atoms with Gasteiger partial charge in [-0.05, 0) is 43.4 Å². The van der Waals surface area contributed by atoms with Crippen LogP contribution in [0.5, 0.6) is 11.5 Å². The third-order valence-electron chi connectivity index (χ3n) is 5.08. The van der Waals surface area contributed by atoms with Gasteiger partial charge in [0.15, 0.2) is 11.5 Å². The van der Waals surface area contributed by atoms with E-state index in [0.717, 1.165) is 18.4 Å². The van der Waals surface area contributed by atoms with Crippen LogP contribution in [0.1, 0.15) is 51.6 Å². The Morgan fingerprint density at radius 2 is 2.07 bits per heavy atom.